The molecule has 0 amide bonds. The SMILES string of the molecule is C/C=c1/cc2cccc(Br)c2c/c1=C(/C)Br. The third-order valence-electron chi connectivity index (χ3n) is 2.68. The van der Waals surface area contributed by atoms with Gasteiger partial charge in [-0.25, -0.2) is 0 Å². The van der Waals surface area contributed by atoms with E-state index >= 15 is 0 Å². The molecular formula is C14H12Br2. The zero-order valence-electron chi connectivity index (χ0n) is 9.22. The van der Waals surface area contributed by atoms with Gasteiger partial charge < -0.3 is 0 Å². The van der Waals surface area contributed by atoms with E-state index in [1.54, 1.807) is 0 Å². The fourth-order valence-corrected chi connectivity index (χ4v) is 2.68. The van der Waals surface area contributed by atoms with Gasteiger partial charge in [-0.05, 0) is 57.7 Å². The number of halogens is 2. The van der Waals surface area contributed by atoms with Crippen LogP contribution in [0.5, 0.6) is 0 Å². The molecule has 0 spiro atoms. The van der Waals surface area contributed by atoms with Crippen LogP contribution < -0.4 is 10.4 Å². The van der Waals surface area contributed by atoms with E-state index in [-0.39, 0.29) is 0 Å². The van der Waals surface area contributed by atoms with Gasteiger partial charge in [0.25, 0.3) is 0 Å². The molecule has 0 saturated heterocycles. The normalized spacial score (nSPS) is 14.4. The van der Waals surface area contributed by atoms with Gasteiger partial charge in [0, 0.05) is 4.47 Å². The molecule has 0 N–H and O–H groups in total. The highest BCUT2D eigenvalue weighted by Crippen LogP contribution is 2.21. The first kappa shape index (κ1) is 11.9. The molecule has 2 aromatic carbocycles. The Kier molecular flexibility index (Phi) is 3.50. The van der Waals surface area contributed by atoms with E-state index in [0.717, 1.165) is 4.47 Å². The van der Waals surface area contributed by atoms with Crippen LogP contribution in [0.2, 0.25) is 0 Å². The molecule has 0 aromatic heterocycles. The largest absolute Gasteiger partial charge is 0.0797 e. The summed E-state index contributed by atoms with van der Waals surface area (Å²) >= 11 is 7.16. The molecule has 0 nitrogen and oxygen atoms in total. The fraction of sp³-hybridized carbons (Fsp3) is 0.143. The van der Waals surface area contributed by atoms with E-state index < -0.39 is 0 Å². The van der Waals surface area contributed by atoms with Crippen molar-refractivity contribution >= 4 is 53.2 Å². The molecule has 0 unspecified atom stereocenters. The van der Waals surface area contributed by atoms with Crippen molar-refractivity contribution < 1.29 is 0 Å². The van der Waals surface area contributed by atoms with Crippen LogP contribution in [0, 0.1) is 0 Å². The Hall–Kier alpha value is -0.600. The van der Waals surface area contributed by atoms with Crippen LogP contribution in [0.3, 0.4) is 0 Å². The molecule has 16 heavy (non-hydrogen) atoms. The lowest BCUT2D eigenvalue weighted by molar-refractivity contribution is 1.52. The van der Waals surface area contributed by atoms with Crippen molar-refractivity contribution in [2.75, 3.05) is 0 Å². The maximum atomic E-state index is 3.59. The number of rotatable bonds is 0. The molecule has 2 heteroatoms. The van der Waals surface area contributed by atoms with Crippen LogP contribution in [0.15, 0.2) is 34.8 Å². The van der Waals surface area contributed by atoms with Gasteiger partial charge in [-0.3, -0.25) is 0 Å². The number of benzene rings is 2. The summed E-state index contributed by atoms with van der Waals surface area (Å²) in [5.74, 6) is 0. The zero-order chi connectivity index (χ0) is 11.7. The van der Waals surface area contributed by atoms with Crippen molar-refractivity contribution in [2.45, 2.75) is 13.8 Å². The second kappa shape index (κ2) is 4.72. The average Bonchev–Trinajstić information content (AvgIpc) is 2.27. The topological polar surface area (TPSA) is 0 Å². The zero-order valence-corrected chi connectivity index (χ0v) is 12.4. The van der Waals surface area contributed by atoms with Crippen molar-refractivity contribution in [3.05, 3.63) is 45.2 Å². The van der Waals surface area contributed by atoms with Gasteiger partial charge in [0.15, 0.2) is 0 Å². The lowest BCUT2D eigenvalue weighted by Crippen LogP contribution is -2.24. The standard InChI is InChI=1S/C14H12Br2/c1-3-10-7-11-5-4-6-14(16)13(11)8-12(10)9(2)15/h3-8H,1-2H3/b10-3-,12-9+. The minimum Gasteiger partial charge on any atom is -0.0797 e. The summed E-state index contributed by atoms with van der Waals surface area (Å²) in [6.45, 7) is 4.14. The first-order valence-electron chi connectivity index (χ1n) is 5.14. The molecule has 0 bridgehead atoms. The highest BCUT2D eigenvalue weighted by Gasteiger charge is 1.99. The quantitative estimate of drug-likeness (QED) is 0.682. The molecule has 2 rings (SSSR count). The monoisotopic (exact) mass is 338 g/mol. The highest BCUT2D eigenvalue weighted by molar-refractivity contribution is 9.14. The summed E-state index contributed by atoms with van der Waals surface area (Å²) in [6.07, 6.45) is 2.14. The fourth-order valence-electron chi connectivity index (χ4n) is 1.84. The van der Waals surface area contributed by atoms with Gasteiger partial charge in [0.1, 0.15) is 0 Å². The van der Waals surface area contributed by atoms with Gasteiger partial charge in [-0.1, -0.05) is 50.1 Å². The van der Waals surface area contributed by atoms with E-state index in [4.69, 9.17) is 0 Å². The Labute approximate surface area is 112 Å². The predicted molar refractivity (Wildman–Crippen MR) is 79.0 cm³/mol. The summed E-state index contributed by atoms with van der Waals surface area (Å²) < 4.78 is 2.31. The Morgan fingerprint density at radius 1 is 1.25 bits per heavy atom. The van der Waals surface area contributed by atoms with Gasteiger partial charge in [-0.15, -0.1) is 0 Å². The van der Waals surface area contributed by atoms with Crippen LogP contribution in [0.1, 0.15) is 13.8 Å². The average molecular weight is 340 g/mol. The Bertz CT molecular complexity index is 650. The van der Waals surface area contributed by atoms with Gasteiger partial charge in [0.2, 0.25) is 0 Å². The molecule has 0 saturated carbocycles. The minimum atomic E-state index is 1.14. The summed E-state index contributed by atoms with van der Waals surface area (Å²) in [7, 11) is 0. The molecule has 0 atom stereocenters. The molecule has 0 aliphatic rings. The first-order chi connectivity index (χ1) is 7.63. The van der Waals surface area contributed by atoms with Crippen molar-refractivity contribution in [1.29, 1.82) is 0 Å². The van der Waals surface area contributed by atoms with E-state index in [2.05, 4.69) is 82.1 Å². The molecule has 0 aliphatic heterocycles. The minimum absolute atomic E-state index is 1.14. The van der Waals surface area contributed by atoms with Crippen molar-refractivity contribution in [2.24, 2.45) is 0 Å². The lowest BCUT2D eigenvalue weighted by Gasteiger charge is -2.02. The van der Waals surface area contributed by atoms with E-state index in [1.165, 1.54) is 25.7 Å². The summed E-state index contributed by atoms with van der Waals surface area (Å²) in [5.41, 5.74) is 0. The third kappa shape index (κ3) is 2.09. The molecule has 82 valence electrons. The Morgan fingerprint density at radius 3 is 2.62 bits per heavy atom. The molecule has 0 aliphatic carbocycles. The molecule has 0 heterocycles. The van der Waals surface area contributed by atoms with Crippen LogP contribution >= 0.6 is 31.9 Å². The van der Waals surface area contributed by atoms with Crippen LogP contribution in [0.4, 0.5) is 0 Å². The second-order valence-electron chi connectivity index (χ2n) is 3.72. The summed E-state index contributed by atoms with van der Waals surface area (Å²) in [5, 5.41) is 5.03. The van der Waals surface area contributed by atoms with Gasteiger partial charge >= 0.3 is 0 Å². The number of fused-ring (bicyclic) bond motifs is 1. The summed E-state index contributed by atoms with van der Waals surface area (Å²) in [4.78, 5) is 0. The Morgan fingerprint density at radius 2 is 2.00 bits per heavy atom. The second-order valence-corrected chi connectivity index (χ2v) is 5.77. The summed E-state index contributed by atoms with van der Waals surface area (Å²) in [6, 6.07) is 10.7. The van der Waals surface area contributed by atoms with E-state index in [9.17, 15) is 0 Å². The predicted octanol–water partition coefficient (Wildman–Crippen LogP) is 3.93. The molecular weight excluding hydrogens is 328 g/mol. The third-order valence-corrected chi connectivity index (χ3v) is 3.80. The maximum Gasteiger partial charge on any atom is 0.0253 e. The smallest absolute Gasteiger partial charge is 0.0253 e. The number of hydrogen-bond acceptors (Lipinski definition) is 0. The van der Waals surface area contributed by atoms with Crippen molar-refractivity contribution in [3.63, 3.8) is 0 Å². The first-order valence-corrected chi connectivity index (χ1v) is 6.73. The van der Waals surface area contributed by atoms with Crippen molar-refractivity contribution in [1.82, 2.24) is 0 Å². The lowest BCUT2D eigenvalue weighted by atomic mass is 10.1. The molecule has 0 radical (unpaired) electrons. The van der Waals surface area contributed by atoms with Crippen LogP contribution in [-0.2, 0) is 0 Å². The highest BCUT2D eigenvalue weighted by atomic mass is 79.9. The molecule has 2 aromatic rings. The van der Waals surface area contributed by atoms with Gasteiger partial charge in [-0.2, -0.15) is 0 Å². The van der Waals surface area contributed by atoms with Crippen LogP contribution in [-0.4, -0.2) is 0 Å². The Balaban J connectivity index is 3.06. The maximum absolute atomic E-state index is 3.59. The molecule has 0 fully saturated rings. The van der Waals surface area contributed by atoms with Crippen LogP contribution in [0.25, 0.3) is 21.3 Å². The van der Waals surface area contributed by atoms with E-state index in [1.807, 2.05) is 0 Å². The van der Waals surface area contributed by atoms with Gasteiger partial charge in [0.05, 0.1) is 0 Å². The van der Waals surface area contributed by atoms with Crippen molar-refractivity contribution in [3.8, 4) is 0 Å². The van der Waals surface area contributed by atoms with E-state index in [0.29, 0.717) is 0 Å². The number of hydrogen-bond donors (Lipinski definition) is 0.